The van der Waals surface area contributed by atoms with Crippen LogP contribution in [0.5, 0.6) is 0 Å². The zero-order valence-corrected chi connectivity index (χ0v) is 20.6. The Balaban J connectivity index is 0.000000678. The monoisotopic (exact) mass is 522 g/mol. The number of aliphatic hydroxyl groups excluding tert-OH is 1. The van der Waals surface area contributed by atoms with Crippen molar-refractivity contribution in [3.05, 3.63) is 69.7 Å². The SMILES string of the molecule is COCCc1ccc2c(c1)C(OCC(N)=O)C(NC[C@H](O)c1cccc(Cl)c1)CC2.O=C(O)C(=O)O. The third-order valence-corrected chi connectivity index (χ3v) is 5.83. The van der Waals surface area contributed by atoms with Gasteiger partial charge >= 0.3 is 11.9 Å². The van der Waals surface area contributed by atoms with Crippen LogP contribution >= 0.6 is 11.6 Å². The van der Waals surface area contributed by atoms with Crippen LogP contribution in [-0.2, 0) is 36.7 Å². The highest BCUT2D eigenvalue weighted by atomic mass is 35.5. The van der Waals surface area contributed by atoms with Crippen LogP contribution in [0, 0.1) is 0 Å². The Kier molecular flexibility index (Phi) is 11.8. The van der Waals surface area contributed by atoms with Gasteiger partial charge in [0.25, 0.3) is 0 Å². The number of methoxy groups -OCH3 is 1. The molecule has 0 radical (unpaired) electrons. The van der Waals surface area contributed by atoms with E-state index in [1.54, 1.807) is 19.2 Å². The van der Waals surface area contributed by atoms with Crippen molar-refractivity contribution in [1.29, 1.82) is 0 Å². The van der Waals surface area contributed by atoms with Gasteiger partial charge < -0.3 is 35.8 Å². The first kappa shape index (κ1) is 29.2. The van der Waals surface area contributed by atoms with E-state index in [-0.39, 0.29) is 18.8 Å². The predicted molar refractivity (Wildman–Crippen MR) is 132 cm³/mol. The molecule has 0 heterocycles. The number of aliphatic hydroxyl groups is 1. The molecule has 0 saturated carbocycles. The van der Waals surface area contributed by atoms with E-state index in [1.807, 2.05) is 12.1 Å². The highest BCUT2D eigenvalue weighted by Crippen LogP contribution is 2.34. The number of nitrogens with two attached hydrogens (primary N) is 1. The molecule has 0 bridgehead atoms. The Labute approximate surface area is 214 Å². The molecule has 36 heavy (non-hydrogen) atoms. The molecular weight excluding hydrogens is 492 g/mol. The van der Waals surface area contributed by atoms with Gasteiger partial charge in [0, 0.05) is 24.7 Å². The molecule has 0 aliphatic heterocycles. The summed E-state index contributed by atoms with van der Waals surface area (Å²) in [5.74, 6) is -4.15. The van der Waals surface area contributed by atoms with E-state index >= 15 is 0 Å². The highest BCUT2D eigenvalue weighted by molar-refractivity contribution is 6.30. The van der Waals surface area contributed by atoms with Crippen molar-refractivity contribution in [3.63, 3.8) is 0 Å². The number of carbonyl (C=O) groups excluding carboxylic acids is 1. The van der Waals surface area contributed by atoms with E-state index < -0.39 is 23.9 Å². The Morgan fingerprint density at radius 1 is 1.17 bits per heavy atom. The molecule has 1 aliphatic carbocycles. The van der Waals surface area contributed by atoms with Crippen molar-refractivity contribution in [2.45, 2.75) is 37.5 Å². The number of benzene rings is 2. The minimum absolute atomic E-state index is 0.0524. The lowest BCUT2D eigenvalue weighted by Gasteiger charge is -2.35. The number of primary amides is 1. The van der Waals surface area contributed by atoms with Crippen molar-refractivity contribution in [2.24, 2.45) is 5.73 Å². The minimum Gasteiger partial charge on any atom is -0.473 e. The van der Waals surface area contributed by atoms with E-state index in [4.69, 9.17) is 46.6 Å². The number of halogens is 1. The summed E-state index contributed by atoms with van der Waals surface area (Å²) in [5.41, 5.74) is 9.51. The predicted octanol–water partition coefficient (Wildman–Crippen LogP) is 1.87. The number of carboxylic acid groups (broad SMARTS) is 2. The molecule has 0 spiro atoms. The zero-order valence-electron chi connectivity index (χ0n) is 19.9. The maximum atomic E-state index is 11.4. The lowest BCUT2D eigenvalue weighted by atomic mass is 9.84. The second kappa shape index (κ2) is 14.5. The quantitative estimate of drug-likeness (QED) is 0.292. The van der Waals surface area contributed by atoms with Gasteiger partial charge in [0.05, 0.1) is 18.8 Å². The van der Waals surface area contributed by atoms with Crippen molar-refractivity contribution < 1.29 is 39.2 Å². The molecule has 3 rings (SSSR count). The number of hydrogen-bond acceptors (Lipinski definition) is 7. The maximum Gasteiger partial charge on any atom is 0.414 e. The number of amides is 1. The number of aliphatic carboxylic acids is 2. The van der Waals surface area contributed by atoms with Gasteiger partial charge in [-0.05, 0) is 53.6 Å². The third kappa shape index (κ3) is 9.21. The lowest BCUT2D eigenvalue weighted by Crippen LogP contribution is -2.42. The summed E-state index contributed by atoms with van der Waals surface area (Å²) in [7, 11) is 1.68. The second-order valence-corrected chi connectivity index (χ2v) is 8.64. The summed E-state index contributed by atoms with van der Waals surface area (Å²) < 4.78 is 11.1. The highest BCUT2D eigenvalue weighted by Gasteiger charge is 2.31. The number of nitrogens with one attached hydrogen (secondary N) is 1. The summed E-state index contributed by atoms with van der Waals surface area (Å²) in [5, 5.41) is 29.4. The van der Waals surface area contributed by atoms with Gasteiger partial charge in [-0.3, -0.25) is 4.79 Å². The average Bonchev–Trinajstić information content (AvgIpc) is 2.84. The molecule has 2 unspecified atom stereocenters. The summed E-state index contributed by atoms with van der Waals surface area (Å²) in [6.45, 7) is 0.834. The molecule has 11 heteroatoms. The maximum absolute atomic E-state index is 11.4. The molecule has 0 aromatic heterocycles. The van der Waals surface area contributed by atoms with E-state index in [2.05, 4.69) is 23.5 Å². The van der Waals surface area contributed by atoms with Crippen LogP contribution in [0.2, 0.25) is 5.02 Å². The minimum atomic E-state index is -1.82. The number of carboxylic acids is 2. The number of aryl methyl sites for hydroxylation is 1. The van der Waals surface area contributed by atoms with Gasteiger partial charge in [-0.25, -0.2) is 9.59 Å². The molecule has 2 aromatic carbocycles. The molecule has 0 fully saturated rings. The molecule has 10 nitrogen and oxygen atoms in total. The van der Waals surface area contributed by atoms with Crippen molar-refractivity contribution >= 4 is 29.4 Å². The van der Waals surface area contributed by atoms with Gasteiger partial charge in [-0.15, -0.1) is 0 Å². The first-order valence-electron chi connectivity index (χ1n) is 11.3. The molecular formula is C25H31ClN2O8. The zero-order chi connectivity index (χ0) is 26.7. The standard InChI is InChI=1S/C23H29ClN2O4.C2H2O4/c1-29-10-9-15-5-6-16-7-8-20(23(19(16)11-15)30-14-22(25)28)26-13-21(27)17-3-2-4-18(24)12-17;3-1(4)2(5)6/h2-6,11-12,20-21,23,26-27H,7-10,13-14H2,1H3,(H2,25,28);(H,3,4)(H,5,6)/t20?,21-,23?;/m0./s1. The molecule has 1 aliphatic rings. The Morgan fingerprint density at radius 3 is 2.50 bits per heavy atom. The Hall–Kier alpha value is -3.02. The normalized spacial score (nSPS) is 17.3. The number of ether oxygens (including phenoxy) is 2. The van der Waals surface area contributed by atoms with Crippen LogP contribution in [-0.4, -0.2) is 66.1 Å². The van der Waals surface area contributed by atoms with Crippen LogP contribution in [0.4, 0.5) is 0 Å². The van der Waals surface area contributed by atoms with E-state index in [9.17, 15) is 9.90 Å². The fourth-order valence-electron chi connectivity index (χ4n) is 3.87. The van der Waals surface area contributed by atoms with Crippen LogP contribution in [0.3, 0.4) is 0 Å². The average molecular weight is 523 g/mol. The van der Waals surface area contributed by atoms with E-state index in [1.165, 1.54) is 5.56 Å². The number of carbonyl (C=O) groups is 3. The van der Waals surface area contributed by atoms with Gasteiger partial charge in [-0.1, -0.05) is 41.9 Å². The van der Waals surface area contributed by atoms with Crippen LogP contribution < -0.4 is 11.1 Å². The van der Waals surface area contributed by atoms with Gasteiger partial charge in [0.1, 0.15) is 6.61 Å². The fraction of sp³-hybridized carbons (Fsp3) is 0.400. The van der Waals surface area contributed by atoms with E-state index in [0.29, 0.717) is 18.2 Å². The largest absolute Gasteiger partial charge is 0.473 e. The molecule has 3 atom stereocenters. The van der Waals surface area contributed by atoms with Crippen LogP contribution in [0.1, 0.15) is 40.9 Å². The number of rotatable bonds is 10. The molecule has 2 aromatic rings. The summed E-state index contributed by atoms with van der Waals surface area (Å²) in [6, 6.07) is 13.5. The van der Waals surface area contributed by atoms with Crippen LogP contribution in [0.15, 0.2) is 42.5 Å². The van der Waals surface area contributed by atoms with Crippen molar-refractivity contribution in [2.75, 3.05) is 26.9 Å². The smallest absolute Gasteiger partial charge is 0.414 e. The molecule has 1 amide bonds. The van der Waals surface area contributed by atoms with Crippen molar-refractivity contribution in [3.8, 4) is 0 Å². The molecule has 6 N–H and O–H groups in total. The molecule has 196 valence electrons. The van der Waals surface area contributed by atoms with Gasteiger partial charge in [-0.2, -0.15) is 0 Å². The second-order valence-electron chi connectivity index (χ2n) is 8.21. The summed E-state index contributed by atoms with van der Waals surface area (Å²) >= 11 is 6.03. The number of fused-ring (bicyclic) bond motifs is 1. The Bertz CT molecular complexity index is 1040. The Morgan fingerprint density at radius 2 is 1.89 bits per heavy atom. The first-order valence-corrected chi connectivity index (χ1v) is 11.6. The number of hydrogen-bond donors (Lipinski definition) is 5. The molecule has 0 saturated heterocycles. The third-order valence-electron chi connectivity index (χ3n) is 5.60. The summed E-state index contributed by atoms with van der Waals surface area (Å²) in [6.07, 6.45) is 1.50. The lowest BCUT2D eigenvalue weighted by molar-refractivity contribution is -0.159. The van der Waals surface area contributed by atoms with E-state index in [0.717, 1.165) is 36.0 Å². The van der Waals surface area contributed by atoms with Crippen molar-refractivity contribution in [1.82, 2.24) is 5.32 Å². The first-order chi connectivity index (χ1) is 17.1. The summed E-state index contributed by atoms with van der Waals surface area (Å²) in [4.78, 5) is 29.6. The van der Waals surface area contributed by atoms with Crippen LogP contribution in [0.25, 0.3) is 0 Å². The topological polar surface area (TPSA) is 168 Å². The van der Waals surface area contributed by atoms with Gasteiger partial charge in [0.2, 0.25) is 5.91 Å². The fourth-order valence-corrected chi connectivity index (χ4v) is 4.07. The van der Waals surface area contributed by atoms with Gasteiger partial charge in [0.15, 0.2) is 0 Å².